The molecule has 0 amide bonds. The van der Waals surface area contributed by atoms with Crippen LogP contribution in [0.25, 0.3) is 11.6 Å². The summed E-state index contributed by atoms with van der Waals surface area (Å²) in [5, 5.41) is 3.44. The Morgan fingerprint density at radius 3 is 2.32 bits per heavy atom. The molecule has 0 spiro atoms. The normalized spacial score (nSPS) is 16.9. The fourth-order valence-corrected chi connectivity index (χ4v) is 4.73. The van der Waals surface area contributed by atoms with E-state index in [-0.39, 0.29) is 5.92 Å². The maximum Gasteiger partial charge on any atom is 0.398 e. The monoisotopic (exact) mass is 469 g/mol. The lowest BCUT2D eigenvalue weighted by Crippen LogP contribution is -2.23. The van der Waals surface area contributed by atoms with Crippen molar-refractivity contribution in [3.05, 3.63) is 76.4 Å². The zero-order chi connectivity index (χ0) is 24.7. The SMILES string of the molecule is CCCCCCCc1ccc(NCC(C)C2=CC(C(F)(F)F)C(C)=Cc3c(C)cccc32)cc1. The zero-order valence-electron chi connectivity index (χ0n) is 20.9. The highest BCUT2D eigenvalue weighted by Crippen LogP contribution is 2.42. The molecule has 2 aromatic rings. The molecule has 0 saturated carbocycles. The van der Waals surface area contributed by atoms with Crippen molar-refractivity contribution in [3.63, 3.8) is 0 Å². The molecule has 1 aliphatic rings. The summed E-state index contributed by atoms with van der Waals surface area (Å²) in [6, 6.07) is 14.3. The molecule has 184 valence electrons. The lowest BCUT2D eigenvalue weighted by Gasteiger charge is -2.22. The summed E-state index contributed by atoms with van der Waals surface area (Å²) in [7, 11) is 0. The van der Waals surface area contributed by atoms with E-state index in [2.05, 4.69) is 36.5 Å². The quantitative estimate of drug-likeness (QED) is 0.342. The molecule has 2 unspecified atom stereocenters. The Labute approximate surface area is 203 Å². The molecule has 0 aliphatic heterocycles. The Morgan fingerprint density at radius 2 is 1.65 bits per heavy atom. The molecule has 2 aromatic carbocycles. The van der Waals surface area contributed by atoms with Crippen molar-refractivity contribution in [1.82, 2.24) is 0 Å². The Bertz CT molecular complexity index is 999. The van der Waals surface area contributed by atoms with Gasteiger partial charge in [-0.1, -0.05) is 87.6 Å². The fraction of sp³-hybridized carbons (Fsp3) is 0.467. The molecular formula is C30H38F3N. The lowest BCUT2D eigenvalue weighted by molar-refractivity contribution is -0.151. The second-order valence-electron chi connectivity index (χ2n) is 9.71. The average molecular weight is 470 g/mol. The molecule has 0 heterocycles. The van der Waals surface area contributed by atoms with E-state index < -0.39 is 12.1 Å². The highest BCUT2D eigenvalue weighted by molar-refractivity contribution is 5.80. The highest BCUT2D eigenvalue weighted by atomic mass is 19.4. The van der Waals surface area contributed by atoms with E-state index in [0.717, 1.165) is 34.4 Å². The number of halogens is 3. The molecule has 4 heteroatoms. The van der Waals surface area contributed by atoms with Crippen molar-refractivity contribution in [3.8, 4) is 0 Å². The summed E-state index contributed by atoms with van der Waals surface area (Å²) >= 11 is 0. The zero-order valence-corrected chi connectivity index (χ0v) is 20.9. The molecule has 0 aromatic heterocycles. The lowest BCUT2D eigenvalue weighted by atomic mass is 9.88. The maximum atomic E-state index is 13.9. The van der Waals surface area contributed by atoms with Gasteiger partial charge in [-0.05, 0) is 72.6 Å². The van der Waals surface area contributed by atoms with Gasteiger partial charge in [0.1, 0.15) is 0 Å². The van der Waals surface area contributed by atoms with Crippen LogP contribution < -0.4 is 5.32 Å². The van der Waals surface area contributed by atoms with E-state index in [1.807, 2.05) is 32.0 Å². The minimum Gasteiger partial charge on any atom is -0.384 e. The number of hydrogen-bond donors (Lipinski definition) is 1. The first-order valence-corrected chi connectivity index (χ1v) is 12.6. The first-order chi connectivity index (χ1) is 16.2. The first-order valence-electron chi connectivity index (χ1n) is 12.6. The van der Waals surface area contributed by atoms with E-state index in [9.17, 15) is 13.2 Å². The topological polar surface area (TPSA) is 12.0 Å². The van der Waals surface area contributed by atoms with Crippen LogP contribution in [-0.2, 0) is 6.42 Å². The largest absolute Gasteiger partial charge is 0.398 e. The van der Waals surface area contributed by atoms with Crippen LogP contribution in [0, 0.1) is 18.8 Å². The molecule has 3 rings (SSSR count). The second-order valence-corrected chi connectivity index (χ2v) is 9.71. The van der Waals surface area contributed by atoms with Crippen LogP contribution in [0.2, 0.25) is 0 Å². The first kappa shape index (κ1) is 26.1. The summed E-state index contributed by atoms with van der Waals surface area (Å²) in [5.41, 5.74) is 6.22. The number of rotatable bonds is 10. The van der Waals surface area contributed by atoms with Crippen LogP contribution in [0.15, 0.2) is 54.1 Å². The number of anilines is 1. The number of aryl methyl sites for hydroxylation is 2. The smallest absolute Gasteiger partial charge is 0.384 e. The number of unbranched alkanes of at least 4 members (excludes halogenated alkanes) is 4. The third-order valence-corrected chi connectivity index (χ3v) is 6.86. The van der Waals surface area contributed by atoms with Crippen LogP contribution >= 0.6 is 0 Å². The Kier molecular flexibility index (Phi) is 9.04. The van der Waals surface area contributed by atoms with Gasteiger partial charge in [-0.3, -0.25) is 0 Å². The molecular weight excluding hydrogens is 431 g/mol. The van der Waals surface area contributed by atoms with Gasteiger partial charge in [0.05, 0.1) is 5.92 Å². The minimum atomic E-state index is -4.30. The van der Waals surface area contributed by atoms with Crippen molar-refractivity contribution in [2.24, 2.45) is 11.8 Å². The van der Waals surface area contributed by atoms with Gasteiger partial charge in [0, 0.05) is 12.2 Å². The van der Waals surface area contributed by atoms with E-state index >= 15 is 0 Å². The van der Waals surface area contributed by atoms with Crippen LogP contribution in [0.5, 0.6) is 0 Å². The van der Waals surface area contributed by atoms with Gasteiger partial charge in [-0.15, -0.1) is 0 Å². The molecule has 0 radical (unpaired) electrons. The predicted molar refractivity (Wildman–Crippen MR) is 139 cm³/mol. The van der Waals surface area contributed by atoms with Gasteiger partial charge in [-0.25, -0.2) is 0 Å². The number of fused-ring (bicyclic) bond motifs is 1. The van der Waals surface area contributed by atoms with E-state index in [1.54, 1.807) is 13.0 Å². The minimum absolute atomic E-state index is 0.0806. The van der Waals surface area contributed by atoms with E-state index in [4.69, 9.17) is 0 Å². The summed E-state index contributed by atoms with van der Waals surface area (Å²) in [6.07, 6.45) is 6.29. The van der Waals surface area contributed by atoms with Crippen LogP contribution in [-0.4, -0.2) is 12.7 Å². The molecule has 1 aliphatic carbocycles. The summed E-state index contributed by atoms with van der Waals surface area (Å²) in [5.74, 6) is -1.64. The Morgan fingerprint density at radius 1 is 0.941 bits per heavy atom. The summed E-state index contributed by atoms with van der Waals surface area (Å²) < 4.78 is 41.6. The van der Waals surface area contributed by atoms with Crippen LogP contribution in [0.4, 0.5) is 18.9 Å². The summed E-state index contributed by atoms with van der Waals surface area (Å²) in [4.78, 5) is 0. The second kappa shape index (κ2) is 11.8. The molecule has 1 N–H and O–H groups in total. The van der Waals surface area contributed by atoms with Crippen LogP contribution in [0.1, 0.15) is 75.1 Å². The van der Waals surface area contributed by atoms with Gasteiger partial charge >= 0.3 is 6.18 Å². The van der Waals surface area contributed by atoms with Crippen molar-refractivity contribution in [1.29, 1.82) is 0 Å². The van der Waals surface area contributed by atoms with Crippen molar-refractivity contribution in [2.45, 2.75) is 72.4 Å². The van der Waals surface area contributed by atoms with Gasteiger partial charge in [0.15, 0.2) is 0 Å². The molecule has 1 nitrogen and oxygen atoms in total. The van der Waals surface area contributed by atoms with E-state index in [0.29, 0.717) is 12.1 Å². The van der Waals surface area contributed by atoms with Gasteiger partial charge < -0.3 is 5.32 Å². The van der Waals surface area contributed by atoms with Gasteiger partial charge in [-0.2, -0.15) is 13.2 Å². The number of allylic oxidation sites excluding steroid dienone is 2. The Balaban J connectivity index is 1.71. The third-order valence-electron chi connectivity index (χ3n) is 6.86. The molecule has 0 bridgehead atoms. The van der Waals surface area contributed by atoms with Gasteiger partial charge in [0.25, 0.3) is 0 Å². The summed E-state index contributed by atoms with van der Waals surface area (Å²) in [6.45, 7) is 8.35. The molecule has 0 fully saturated rings. The van der Waals surface area contributed by atoms with Crippen molar-refractivity contribution < 1.29 is 13.2 Å². The number of alkyl halides is 3. The predicted octanol–water partition coefficient (Wildman–Crippen LogP) is 9.23. The van der Waals surface area contributed by atoms with Crippen molar-refractivity contribution >= 4 is 17.3 Å². The molecule has 0 saturated heterocycles. The average Bonchev–Trinajstić information content (AvgIpc) is 2.95. The number of hydrogen-bond acceptors (Lipinski definition) is 1. The standard InChI is InChI=1S/C30H38F3N/c1-5-6-7-8-9-12-24-14-16-25(17-15-24)34-20-23(4)28-19-29(30(31,32)33)22(3)18-27-21(2)11-10-13-26(27)28/h10-11,13-19,23,29,34H,5-9,12,20H2,1-4H3. The highest BCUT2D eigenvalue weighted by Gasteiger charge is 2.40. The number of benzene rings is 2. The third kappa shape index (κ3) is 6.77. The molecule has 34 heavy (non-hydrogen) atoms. The van der Waals surface area contributed by atoms with Crippen molar-refractivity contribution in [2.75, 3.05) is 11.9 Å². The van der Waals surface area contributed by atoms with Gasteiger partial charge in [0.2, 0.25) is 0 Å². The van der Waals surface area contributed by atoms with Crippen LogP contribution in [0.3, 0.4) is 0 Å². The fourth-order valence-electron chi connectivity index (χ4n) is 4.73. The Hall–Kier alpha value is -2.49. The molecule has 2 atom stereocenters. The number of nitrogens with one attached hydrogen (secondary N) is 1. The maximum absolute atomic E-state index is 13.9. The van der Waals surface area contributed by atoms with E-state index in [1.165, 1.54) is 43.7 Å².